The summed E-state index contributed by atoms with van der Waals surface area (Å²) in [6.45, 7) is 6.96. The zero-order valence-electron chi connectivity index (χ0n) is 10.3. The number of piperidine rings is 1. The van der Waals surface area contributed by atoms with Crippen LogP contribution in [0.15, 0.2) is 0 Å². The molecule has 1 fully saturated rings. The molecule has 0 bridgehead atoms. The van der Waals surface area contributed by atoms with Crippen LogP contribution in [-0.2, 0) is 4.79 Å². The molecule has 1 N–H and O–H groups in total. The number of nitrogens with one attached hydrogen (secondary N) is 1. The molecule has 1 rings (SSSR count). The van der Waals surface area contributed by atoms with Gasteiger partial charge in [0.1, 0.15) is 0 Å². The molecule has 0 aromatic rings. The molecule has 1 unspecified atom stereocenters. The molecule has 1 saturated heterocycles. The Labute approximate surface area is 93.2 Å². The summed E-state index contributed by atoms with van der Waals surface area (Å²) in [4.78, 5) is 14.0. The van der Waals surface area contributed by atoms with Crippen molar-refractivity contribution in [2.75, 3.05) is 26.7 Å². The maximum absolute atomic E-state index is 12.0. The lowest BCUT2D eigenvalue weighted by Crippen LogP contribution is -2.43. The highest BCUT2D eigenvalue weighted by molar-refractivity contribution is 5.78. The van der Waals surface area contributed by atoms with Crippen molar-refractivity contribution in [2.24, 2.45) is 11.8 Å². The molecular weight excluding hydrogens is 188 g/mol. The SMILES string of the molecule is CCC1CCN(C(=O)C(C)CNC)CC1. The van der Waals surface area contributed by atoms with Crippen molar-refractivity contribution in [3.8, 4) is 0 Å². The highest BCUT2D eigenvalue weighted by Crippen LogP contribution is 2.20. The third kappa shape index (κ3) is 3.49. The van der Waals surface area contributed by atoms with Gasteiger partial charge < -0.3 is 10.2 Å². The van der Waals surface area contributed by atoms with E-state index in [-0.39, 0.29) is 5.92 Å². The van der Waals surface area contributed by atoms with E-state index in [0.29, 0.717) is 5.91 Å². The molecule has 0 aliphatic carbocycles. The van der Waals surface area contributed by atoms with Crippen molar-refractivity contribution in [2.45, 2.75) is 33.1 Å². The fourth-order valence-corrected chi connectivity index (χ4v) is 2.27. The van der Waals surface area contributed by atoms with Crippen LogP contribution in [-0.4, -0.2) is 37.5 Å². The fourth-order valence-electron chi connectivity index (χ4n) is 2.27. The predicted molar refractivity (Wildman–Crippen MR) is 62.7 cm³/mol. The van der Waals surface area contributed by atoms with E-state index >= 15 is 0 Å². The minimum atomic E-state index is 0.119. The third-order valence-corrected chi connectivity index (χ3v) is 3.44. The lowest BCUT2D eigenvalue weighted by molar-refractivity contribution is -0.136. The van der Waals surface area contributed by atoms with Crippen LogP contribution in [0.4, 0.5) is 0 Å². The summed E-state index contributed by atoms with van der Waals surface area (Å²) in [7, 11) is 1.90. The first-order valence-corrected chi connectivity index (χ1v) is 6.12. The molecule has 0 saturated carbocycles. The summed E-state index contributed by atoms with van der Waals surface area (Å²) >= 11 is 0. The van der Waals surface area contributed by atoms with Gasteiger partial charge in [0.15, 0.2) is 0 Å². The van der Waals surface area contributed by atoms with Gasteiger partial charge in [0.2, 0.25) is 5.91 Å². The second kappa shape index (κ2) is 6.11. The number of amides is 1. The van der Waals surface area contributed by atoms with Gasteiger partial charge in [0.05, 0.1) is 0 Å². The number of hydrogen-bond acceptors (Lipinski definition) is 2. The Kier molecular flexibility index (Phi) is 5.09. The number of nitrogens with zero attached hydrogens (tertiary/aromatic N) is 1. The van der Waals surface area contributed by atoms with Crippen LogP contribution in [0.1, 0.15) is 33.1 Å². The van der Waals surface area contributed by atoms with Gasteiger partial charge in [-0.3, -0.25) is 4.79 Å². The normalized spacial score (nSPS) is 20.3. The molecule has 1 amide bonds. The number of rotatable bonds is 4. The van der Waals surface area contributed by atoms with Gasteiger partial charge in [-0.1, -0.05) is 20.3 Å². The Morgan fingerprint density at radius 1 is 1.47 bits per heavy atom. The molecule has 0 aromatic carbocycles. The number of likely N-dealkylation sites (tertiary alicyclic amines) is 1. The van der Waals surface area contributed by atoms with Gasteiger partial charge in [-0.25, -0.2) is 0 Å². The number of hydrogen-bond donors (Lipinski definition) is 1. The summed E-state index contributed by atoms with van der Waals surface area (Å²) < 4.78 is 0. The zero-order valence-corrected chi connectivity index (χ0v) is 10.3. The van der Waals surface area contributed by atoms with Crippen molar-refractivity contribution in [1.29, 1.82) is 0 Å². The Bertz CT molecular complexity index is 198. The van der Waals surface area contributed by atoms with Crippen LogP contribution in [0.5, 0.6) is 0 Å². The molecule has 1 aliphatic heterocycles. The van der Waals surface area contributed by atoms with Crippen molar-refractivity contribution in [3.63, 3.8) is 0 Å². The first kappa shape index (κ1) is 12.5. The van der Waals surface area contributed by atoms with E-state index in [0.717, 1.165) is 25.6 Å². The molecule has 15 heavy (non-hydrogen) atoms. The van der Waals surface area contributed by atoms with Gasteiger partial charge in [-0.05, 0) is 25.8 Å². The smallest absolute Gasteiger partial charge is 0.226 e. The predicted octanol–water partition coefficient (Wildman–Crippen LogP) is 1.49. The second-order valence-corrected chi connectivity index (χ2v) is 4.64. The molecule has 0 aromatic heterocycles. The van der Waals surface area contributed by atoms with Gasteiger partial charge in [-0.2, -0.15) is 0 Å². The summed E-state index contributed by atoms with van der Waals surface area (Å²) in [6, 6.07) is 0. The Hall–Kier alpha value is -0.570. The van der Waals surface area contributed by atoms with Crippen molar-refractivity contribution >= 4 is 5.91 Å². The first-order valence-electron chi connectivity index (χ1n) is 6.12. The monoisotopic (exact) mass is 212 g/mol. The molecule has 0 radical (unpaired) electrons. The van der Waals surface area contributed by atoms with E-state index in [1.807, 2.05) is 18.9 Å². The van der Waals surface area contributed by atoms with E-state index < -0.39 is 0 Å². The number of carbonyl (C=O) groups is 1. The van der Waals surface area contributed by atoms with Crippen molar-refractivity contribution < 1.29 is 4.79 Å². The highest BCUT2D eigenvalue weighted by atomic mass is 16.2. The molecule has 88 valence electrons. The maximum atomic E-state index is 12.0. The van der Waals surface area contributed by atoms with Gasteiger partial charge in [0.25, 0.3) is 0 Å². The molecule has 0 spiro atoms. The lowest BCUT2D eigenvalue weighted by Gasteiger charge is -2.33. The minimum absolute atomic E-state index is 0.119. The van der Waals surface area contributed by atoms with Crippen molar-refractivity contribution in [3.05, 3.63) is 0 Å². The van der Waals surface area contributed by atoms with E-state index in [4.69, 9.17) is 0 Å². The van der Waals surface area contributed by atoms with Crippen LogP contribution < -0.4 is 5.32 Å². The summed E-state index contributed by atoms with van der Waals surface area (Å²) in [5.41, 5.74) is 0. The fraction of sp³-hybridized carbons (Fsp3) is 0.917. The Morgan fingerprint density at radius 2 is 2.07 bits per heavy atom. The third-order valence-electron chi connectivity index (χ3n) is 3.44. The van der Waals surface area contributed by atoms with E-state index in [9.17, 15) is 4.79 Å². The first-order chi connectivity index (χ1) is 7.19. The topological polar surface area (TPSA) is 32.3 Å². The lowest BCUT2D eigenvalue weighted by atomic mass is 9.94. The molecule has 3 nitrogen and oxygen atoms in total. The maximum Gasteiger partial charge on any atom is 0.226 e. The van der Waals surface area contributed by atoms with Crippen LogP contribution in [0.2, 0.25) is 0 Å². The van der Waals surface area contributed by atoms with Crippen molar-refractivity contribution in [1.82, 2.24) is 10.2 Å². The highest BCUT2D eigenvalue weighted by Gasteiger charge is 2.24. The van der Waals surface area contributed by atoms with Crippen LogP contribution in [0.25, 0.3) is 0 Å². The average molecular weight is 212 g/mol. The van der Waals surface area contributed by atoms with E-state index in [1.165, 1.54) is 19.3 Å². The van der Waals surface area contributed by atoms with Gasteiger partial charge in [-0.15, -0.1) is 0 Å². The van der Waals surface area contributed by atoms with Crippen LogP contribution in [0, 0.1) is 11.8 Å². The standard InChI is InChI=1S/C12H24N2O/c1-4-11-5-7-14(8-6-11)12(15)10(2)9-13-3/h10-11,13H,4-9H2,1-3H3. The summed E-state index contributed by atoms with van der Waals surface area (Å²) in [5, 5.41) is 3.06. The van der Waals surface area contributed by atoms with Crippen LogP contribution in [0.3, 0.4) is 0 Å². The molecule has 3 heteroatoms. The van der Waals surface area contributed by atoms with E-state index in [2.05, 4.69) is 12.2 Å². The largest absolute Gasteiger partial charge is 0.342 e. The molecule has 1 aliphatic rings. The second-order valence-electron chi connectivity index (χ2n) is 4.64. The van der Waals surface area contributed by atoms with E-state index in [1.54, 1.807) is 0 Å². The average Bonchev–Trinajstić information content (AvgIpc) is 2.28. The summed E-state index contributed by atoms with van der Waals surface area (Å²) in [5.74, 6) is 1.28. The Morgan fingerprint density at radius 3 is 2.53 bits per heavy atom. The molecule has 1 heterocycles. The van der Waals surface area contributed by atoms with Crippen LogP contribution >= 0.6 is 0 Å². The zero-order chi connectivity index (χ0) is 11.3. The summed E-state index contributed by atoms with van der Waals surface area (Å²) in [6.07, 6.45) is 3.64. The molecular formula is C12H24N2O. The Balaban J connectivity index is 2.35. The molecule has 1 atom stereocenters. The quantitative estimate of drug-likeness (QED) is 0.766. The van der Waals surface area contributed by atoms with Gasteiger partial charge >= 0.3 is 0 Å². The van der Waals surface area contributed by atoms with Gasteiger partial charge in [0, 0.05) is 25.6 Å². The minimum Gasteiger partial charge on any atom is -0.342 e. The number of carbonyl (C=O) groups excluding carboxylic acids is 1.